The Balaban J connectivity index is 1.63. The summed E-state index contributed by atoms with van der Waals surface area (Å²) < 4.78 is 37.3. The van der Waals surface area contributed by atoms with Crippen LogP contribution in [0.3, 0.4) is 0 Å². The van der Waals surface area contributed by atoms with Crippen molar-refractivity contribution in [2.24, 2.45) is 0 Å². The van der Waals surface area contributed by atoms with Gasteiger partial charge in [-0.05, 0) is 42.5 Å². The zero-order chi connectivity index (χ0) is 24.0. The van der Waals surface area contributed by atoms with Gasteiger partial charge in [-0.3, -0.25) is 4.72 Å². The third-order valence-corrected chi connectivity index (χ3v) is 6.54. The highest BCUT2D eigenvalue weighted by molar-refractivity contribution is 7.92. The average molecular weight is 496 g/mol. The summed E-state index contributed by atoms with van der Waals surface area (Å²) in [4.78, 5) is 20.1. The Morgan fingerprint density at radius 2 is 1.91 bits per heavy atom. The quantitative estimate of drug-likeness (QED) is 0.342. The van der Waals surface area contributed by atoms with Crippen LogP contribution in [-0.4, -0.2) is 42.8 Å². The number of aromatic nitrogens is 2. The minimum absolute atomic E-state index is 0.0569. The smallest absolute Gasteiger partial charge is 0.354 e. The normalized spacial score (nSPS) is 11.7. The largest absolute Gasteiger partial charge is 0.493 e. The van der Waals surface area contributed by atoms with Gasteiger partial charge in [-0.25, -0.2) is 23.2 Å². The van der Waals surface area contributed by atoms with E-state index in [2.05, 4.69) is 14.7 Å². The number of aromatic carboxylic acids is 1. The van der Waals surface area contributed by atoms with E-state index in [-0.39, 0.29) is 5.69 Å². The summed E-state index contributed by atoms with van der Waals surface area (Å²) in [7, 11) is -1.90. The van der Waals surface area contributed by atoms with Crippen molar-refractivity contribution in [3.8, 4) is 27.7 Å². The first kappa shape index (κ1) is 21.9. The van der Waals surface area contributed by atoms with E-state index in [1.54, 1.807) is 30.3 Å². The molecule has 3 heterocycles. The number of anilines is 1. The molecule has 0 fully saturated rings. The van der Waals surface area contributed by atoms with Gasteiger partial charge < -0.3 is 14.3 Å². The second-order valence-corrected chi connectivity index (χ2v) is 10.1. The molecule has 11 heteroatoms. The van der Waals surface area contributed by atoms with E-state index in [0.717, 1.165) is 22.6 Å². The minimum atomic E-state index is -3.43. The van der Waals surface area contributed by atoms with Gasteiger partial charge in [0.05, 0.1) is 19.1 Å². The number of fused-ring (bicyclic) bond motifs is 3. The van der Waals surface area contributed by atoms with Gasteiger partial charge in [0.15, 0.2) is 11.3 Å². The fourth-order valence-electron chi connectivity index (χ4n) is 3.62. The van der Waals surface area contributed by atoms with Gasteiger partial charge in [-0.1, -0.05) is 6.07 Å². The van der Waals surface area contributed by atoms with Gasteiger partial charge in [0.1, 0.15) is 22.0 Å². The summed E-state index contributed by atoms with van der Waals surface area (Å²) in [5, 5.41) is 13.1. The topological polar surface area (TPSA) is 132 Å². The number of carboxylic acids is 1. The van der Waals surface area contributed by atoms with Crippen molar-refractivity contribution in [2.45, 2.75) is 0 Å². The molecule has 0 atom stereocenters. The van der Waals surface area contributed by atoms with Crippen LogP contribution in [0.4, 0.5) is 5.69 Å². The predicted octanol–water partition coefficient (Wildman–Crippen LogP) is 4.85. The lowest BCUT2D eigenvalue weighted by molar-refractivity contribution is 0.0690. The number of pyridine rings is 1. The number of sulfonamides is 1. The fourth-order valence-corrected chi connectivity index (χ4v) is 4.98. The number of nitrogens with zero attached hydrogens (tertiary/aromatic N) is 2. The molecule has 0 aliphatic rings. The van der Waals surface area contributed by atoms with Crippen molar-refractivity contribution in [2.75, 3.05) is 18.1 Å². The molecule has 0 saturated carbocycles. The van der Waals surface area contributed by atoms with Crippen LogP contribution in [0.2, 0.25) is 0 Å². The number of methoxy groups -OCH3 is 1. The van der Waals surface area contributed by atoms with Gasteiger partial charge in [0, 0.05) is 27.4 Å². The van der Waals surface area contributed by atoms with Crippen LogP contribution in [0.25, 0.3) is 43.9 Å². The number of carboxylic acid groups (broad SMARTS) is 1. The number of benzene rings is 2. The molecule has 0 saturated heterocycles. The molecular formula is C23H17N3O6S2. The molecule has 2 N–H and O–H groups in total. The predicted molar refractivity (Wildman–Crippen MR) is 130 cm³/mol. The number of rotatable bonds is 6. The molecule has 0 aliphatic carbocycles. The van der Waals surface area contributed by atoms with Crippen LogP contribution in [-0.2, 0) is 10.0 Å². The summed E-state index contributed by atoms with van der Waals surface area (Å²) in [5.41, 5.74) is 3.25. The highest BCUT2D eigenvalue weighted by atomic mass is 32.2. The highest BCUT2D eigenvalue weighted by Crippen LogP contribution is 2.40. The number of furan rings is 1. The van der Waals surface area contributed by atoms with Crippen molar-refractivity contribution < 1.29 is 27.5 Å². The molecule has 0 spiro atoms. The second-order valence-electron chi connectivity index (χ2n) is 7.49. The van der Waals surface area contributed by atoms with Gasteiger partial charge in [0.2, 0.25) is 10.0 Å². The maximum atomic E-state index is 11.7. The van der Waals surface area contributed by atoms with Gasteiger partial charge in [-0.2, -0.15) is 0 Å². The van der Waals surface area contributed by atoms with E-state index >= 15 is 0 Å². The molecular weight excluding hydrogens is 478 g/mol. The number of ether oxygens (including phenoxy) is 1. The van der Waals surface area contributed by atoms with Crippen LogP contribution < -0.4 is 9.46 Å². The van der Waals surface area contributed by atoms with Crippen molar-refractivity contribution in [1.82, 2.24) is 9.97 Å². The standard InChI is InChI=1S/C23H17N3O6S2/c1-31-20-9-12(22-25-18(11-33-22)16-4-3-5-17(24-16)23(27)28)8-15-14-10-13(26-34(2,29)30)6-7-19(14)32-21(15)20/h3-11,26H,1-2H3,(H,27,28). The monoisotopic (exact) mass is 495 g/mol. The molecule has 0 bridgehead atoms. The van der Waals surface area contributed by atoms with Crippen LogP contribution in [0.1, 0.15) is 10.5 Å². The van der Waals surface area contributed by atoms with Crippen LogP contribution in [0, 0.1) is 0 Å². The van der Waals surface area contributed by atoms with Gasteiger partial charge in [0.25, 0.3) is 0 Å². The molecule has 3 aromatic heterocycles. The Morgan fingerprint density at radius 1 is 1.09 bits per heavy atom. The van der Waals surface area contributed by atoms with E-state index < -0.39 is 16.0 Å². The number of hydrogen-bond acceptors (Lipinski definition) is 8. The van der Waals surface area contributed by atoms with E-state index in [9.17, 15) is 18.3 Å². The molecule has 9 nitrogen and oxygen atoms in total. The summed E-state index contributed by atoms with van der Waals surface area (Å²) in [6.07, 6.45) is 1.09. The lowest BCUT2D eigenvalue weighted by atomic mass is 10.1. The van der Waals surface area contributed by atoms with Crippen molar-refractivity contribution in [3.63, 3.8) is 0 Å². The van der Waals surface area contributed by atoms with Crippen LogP contribution >= 0.6 is 11.3 Å². The number of carbonyl (C=O) groups is 1. The summed E-state index contributed by atoms with van der Waals surface area (Å²) in [5.74, 6) is -0.604. The van der Waals surface area contributed by atoms with E-state index in [1.807, 2.05) is 17.5 Å². The Morgan fingerprint density at radius 3 is 2.65 bits per heavy atom. The highest BCUT2D eigenvalue weighted by Gasteiger charge is 2.17. The Bertz CT molecular complexity index is 1690. The summed E-state index contributed by atoms with van der Waals surface area (Å²) in [6, 6.07) is 13.5. The van der Waals surface area contributed by atoms with Crippen molar-refractivity contribution in [1.29, 1.82) is 0 Å². The lowest BCUT2D eigenvalue weighted by Gasteiger charge is -2.04. The second kappa shape index (κ2) is 8.12. The minimum Gasteiger partial charge on any atom is -0.493 e. The van der Waals surface area contributed by atoms with E-state index in [1.165, 1.54) is 24.5 Å². The van der Waals surface area contributed by atoms with E-state index in [4.69, 9.17) is 9.15 Å². The number of thiazole rings is 1. The maximum Gasteiger partial charge on any atom is 0.354 e. The first-order valence-corrected chi connectivity index (χ1v) is 12.7. The molecule has 5 aromatic rings. The molecule has 172 valence electrons. The lowest BCUT2D eigenvalue weighted by Crippen LogP contribution is -2.09. The third kappa shape index (κ3) is 4.06. The zero-order valence-electron chi connectivity index (χ0n) is 17.9. The third-order valence-electron chi connectivity index (χ3n) is 5.04. The molecule has 0 aliphatic heterocycles. The Kier molecular flexibility index (Phi) is 5.22. The Labute approximate surface area is 197 Å². The molecule has 34 heavy (non-hydrogen) atoms. The van der Waals surface area contributed by atoms with Crippen LogP contribution in [0.15, 0.2) is 58.3 Å². The van der Waals surface area contributed by atoms with E-state index in [0.29, 0.717) is 39.0 Å². The molecule has 0 unspecified atom stereocenters. The molecule has 0 amide bonds. The first-order chi connectivity index (χ1) is 16.2. The first-order valence-electron chi connectivity index (χ1n) is 9.90. The van der Waals surface area contributed by atoms with Gasteiger partial charge in [-0.15, -0.1) is 11.3 Å². The fraction of sp³-hybridized carbons (Fsp3) is 0.0870. The molecule has 0 radical (unpaired) electrons. The van der Waals surface area contributed by atoms with Crippen molar-refractivity contribution in [3.05, 3.63) is 59.6 Å². The maximum absolute atomic E-state index is 11.7. The summed E-state index contributed by atoms with van der Waals surface area (Å²) in [6.45, 7) is 0. The summed E-state index contributed by atoms with van der Waals surface area (Å²) >= 11 is 1.38. The zero-order valence-corrected chi connectivity index (χ0v) is 19.5. The number of hydrogen-bond donors (Lipinski definition) is 2. The number of nitrogens with one attached hydrogen (secondary N) is 1. The van der Waals surface area contributed by atoms with Crippen molar-refractivity contribution >= 4 is 55.0 Å². The van der Waals surface area contributed by atoms with Gasteiger partial charge >= 0.3 is 5.97 Å². The SMILES string of the molecule is COc1cc(-c2nc(-c3cccc(C(=O)O)n3)cs2)cc2c1oc1ccc(NS(C)(=O)=O)cc12. The molecule has 2 aromatic carbocycles. The molecule has 5 rings (SSSR count). The average Bonchev–Trinajstić information content (AvgIpc) is 3.42. The Hall–Kier alpha value is -3.96. The van der Waals surface area contributed by atoms with Crippen LogP contribution in [0.5, 0.6) is 5.75 Å².